The number of imide groups is 1. The Morgan fingerprint density at radius 1 is 0.962 bits per heavy atom. The lowest BCUT2D eigenvalue weighted by Crippen LogP contribution is -2.37. The van der Waals surface area contributed by atoms with Gasteiger partial charge < -0.3 is 9.64 Å². The van der Waals surface area contributed by atoms with Crippen molar-refractivity contribution in [2.75, 3.05) is 31.2 Å². The van der Waals surface area contributed by atoms with Crippen LogP contribution >= 0.6 is 0 Å². The van der Waals surface area contributed by atoms with Gasteiger partial charge in [0.25, 0.3) is 11.8 Å². The second kappa shape index (κ2) is 6.68. The van der Waals surface area contributed by atoms with Crippen LogP contribution in [0.5, 0.6) is 0 Å². The van der Waals surface area contributed by atoms with Crippen molar-refractivity contribution in [3.63, 3.8) is 0 Å². The number of anilines is 1. The Hall–Kier alpha value is -3.06. The van der Waals surface area contributed by atoms with Crippen molar-refractivity contribution in [1.29, 1.82) is 0 Å². The van der Waals surface area contributed by atoms with Gasteiger partial charge in [0.1, 0.15) is 5.69 Å². The molecule has 26 heavy (non-hydrogen) atoms. The second-order valence-electron chi connectivity index (χ2n) is 6.25. The molecule has 0 bridgehead atoms. The van der Waals surface area contributed by atoms with Gasteiger partial charge in [-0.15, -0.1) is 4.91 Å². The second-order valence-corrected chi connectivity index (χ2v) is 6.25. The smallest absolute Gasteiger partial charge is 0.261 e. The van der Waals surface area contributed by atoms with Gasteiger partial charge >= 0.3 is 0 Å². The van der Waals surface area contributed by atoms with Crippen LogP contribution < -0.4 is 4.90 Å². The van der Waals surface area contributed by atoms with E-state index in [4.69, 9.17) is 4.74 Å². The number of carbonyl (C=O) groups is 2. The SMILES string of the molecule is O=Nc1ccc(N2CCOCC2)c(CN2C(=O)c3ccccc3C2=O)c1. The zero-order chi connectivity index (χ0) is 18.1. The van der Waals surface area contributed by atoms with Crippen LogP contribution in [0.2, 0.25) is 0 Å². The maximum Gasteiger partial charge on any atom is 0.261 e. The molecule has 7 nitrogen and oxygen atoms in total. The molecule has 132 valence electrons. The van der Waals surface area contributed by atoms with Crippen molar-refractivity contribution in [3.05, 3.63) is 64.1 Å². The van der Waals surface area contributed by atoms with Crippen molar-refractivity contribution in [2.45, 2.75) is 6.54 Å². The third-order valence-corrected chi connectivity index (χ3v) is 4.73. The molecule has 2 aromatic carbocycles. The summed E-state index contributed by atoms with van der Waals surface area (Å²) in [5.74, 6) is -0.633. The molecule has 0 N–H and O–H groups in total. The Labute approximate surface area is 150 Å². The minimum absolute atomic E-state index is 0.0996. The predicted octanol–water partition coefficient (Wildman–Crippen LogP) is 2.72. The van der Waals surface area contributed by atoms with E-state index in [0.29, 0.717) is 37.4 Å². The summed E-state index contributed by atoms with van der Waals surface area (Å²) in [6.07, 6.45) is 0. The lowest BCUT2D eigenvalue weighted by Gasteiger charge is -2.31. The molecule has 0 spiro atoms. The van der Waals surface area contributed by atoms with Gasteiger partial charge in [-0.25, -0.2) is 0 Å². The summed E-state index contributed by atoms with van der Waals surface area (Å²) in [5, 5.41) is 2.99. The predicted molar refractivity (Wildman–Crippen MR) is 95.6 cm³/mol. The van der Waals surface area contributed by atoms with Crippen molar-refractivity contribution in [2.24, 2.45) is 5.18 Å². The van der Waals surface area contributed by atoms with E-state index in [0.717, 1.165) is 11.3 Å². The first-order valence-corrected chi connectivity index (χ1v) is 8.43. The van der Waals surface area contributed by atoms with E-state index in [-0.39, 0.29) is 24.0 Å². The molecular formula is C19H17N3O4. The summed E-state index contributed by atoms with van der Waals surface area (Å²) in [7, 11) is 0. The van der Waals surface area contributed by atoms with Gasteiger partial charge in [-0.2, -0.15) is 0 Å². The van der Waals surface area contributed by atoms with E-state index >= 15 is 0 Å². The monoisotopic (exact) mass is 351 g/mol. The number of carbonyl (C=O) groups excluding carboxylic acids is 2. The molecule has 7 heteroatoms. The molecule has 0 aliphatic carbocycles. The number of rotatable bonds is 4. The third kappa shape index (κ3) is 2.76. The largest absolute Gasteiger partial charge is 0.378 e. The highest BCUT2D eigenvalue weighted by Gasteiger charge is 2.35. The fourth-order valence-electron chi connectivity index (χ4n) is 3.42. The van der Waals surface area contributed by atoms with Gasteiger partial charge in [0, 0.05) is 18.8 Å². The van der Waals surface area contributed by atoms with E-state index in [1.54, 1.807) is 36.4 Å². The molecule has 0 saturated carbocycles. The van der Waals surface area contributed by atoms with Gasteiger partial charge in [0.15, 0.2) is 0 Å². The zero-order valence-corrected chi connectivity index (χ0v) is 14.1. The van der Waals surface area contributed by atoms with Crippen molar-refractivity contribution in [1.82, 2.24) is 4.90 Å². The Morgan fingerprint density at radius 2 is 1.62 bits per heavy atom. The number of fused-ring (bicyclic) bond motifs is 1. The minimum atomic E-state index is -0.317. The number of amides is 2. The summed E-state index contributed by atoms with van der Waals surface area (Å²) >= 11 is 0. The first-order valence-electron chi connectivity index (χ1n) is 8.43. The number of hydrogen-bond acceptors (Lipinski definition) is 6. The summed E-state index contributed by atoms with van der Waals surface area (Å²) < 4.78 is 5.39. The zero-order valence-electron chi connectivity index (χ0n) is 14.1. The fourth-order valence-corrected chi connectivity index (χ4v) is 3.42. The lowest BCUT2D eigenvalue weighted by molar-refractivity contribution is 0.0642. The van der Waals surface area contributed by atoms with E-state index in [1.165, 1.54) is 4.90 Å². The molecular weight excluding hydrogens is 334 g/mol. The highest BCUT2D eigenvalue weighted by Crippen LogP contribution is 2.31. The van der Waals surface area contributed by atoms with Crippen LogP contribution in [-0.4, -0.2) is 43.0 Å². The average Bonchev–Trinajstić information content (AvgIpc) is 2.94. The molecule has 0 radical (unpaired) electrons. The van der Waals surface area contributed by atoms with Crippen LogP contribution in [0.25, 0.3) is 0 Å². The number of hydrogen-bond donors (Lipinski definition) is 0. The average molecular weight is 351 g/mol. The molecule has 0 unspecified atom stereocenters. The van der Waals surface area contributed by atoms with Gasteiger partial charge in [0.05, 0.1) is 30.9 Å². The summed E-state index contributed by atoms with van der Waals surface area (Å²) in [5.41, 5.74) is 2.70. The Kier molecular flexibility index (Phi) is 4.22. The molecule has 1 fully saturated rings. The molecule has 2 aromatic rings. The topological polar surface area (TPSA) is 79.3 Å². The highest BCUT2D eigenvalue weighted by atomic mass is 16.5. The van der Waals surface area contributed by atoms with Crippen LogP contribution in [-0.2, 0) is 11.3 Å². The van der Waals surface area contributed by atoms with Gasteiger partial charge in [-0.05, 0) is 41.1 Å². The molecule has 0 aromatic heterocycles. The van der Waals surface area contributed by atoms with Crippen molar-refractivity contribution in [3.8, 4) is 0 Å². The third-order valence-electron chi connectivity index (χ3n) is 4.73. The Morgan fingerprint density at radius 3 is 2.23 bits per heavy atom. The summed E-state index contributed by atoms with van der Waals surface area (Å²) in [6.45, 7) is 2.74. The molecule has 1 saturated heterocycles. The Balaban J connectivity index is 1.68. The van der Waals surface area contributed by atoms with Gasteiger partial charge in [-0.3, -0.25) is 14.5 Å². The molecule has 4 rings (SSSR count). The normalized spacial score (nSPS) is 16.8. The summed E-state index contributed by atoms with van der Waals surface area (Å²) in [4.78, 5) is 39.6. The van der Waals surface area contributed by atoms with Gasteiger partial charge in [-0.1, -0.05) is 12.1 Å². The van der Waals surface area contributed by atoms with E-state index in [9.17, 15) is 14.5 Å². The van der Waals surface area contributed by atoms with Crippen LogP contribution in [0.1, 0.15) is 26.3 Å². The summed E-state index contributed by atoms with van der Waals surface area (Å²) in [6, 6.07) is 11.9. The standard InChI is InChI=1S/C19H17N3O4/c23-18-15-3-1-2-4-16(15)19(24)22(18)12-13-11-14(20-25)5-6-17(13)21-7-9-26-10-8-21/h1-6,11H,7-10,12H2. The Bertz CT molecular complexity index is 855. The molecule has 2 aliphatic rings. The number of ether oxygens (including phenoxy) is 1. The molecule has 0 atom stereocenters. The van der Waals surface area contributed by atoms with Crippen LogP contribution in [0.15, 0.2) is 47.6 Å². The van der Waals surface area contributed by atoms with Crippen LogP contribution in [0.4, 0.5) is 11.4 Å². The van der Waals surface area contributed by atoms with E-state index in [2.05, 4.69) is 10.1 Å². The van der Waals surface area contributed by atoms with Gasteiger partial charge in [0.2, 0.25) is 0 Å². The first kappa shape index (κ1) is 16.4. The van der Waals surface area contributed by atoms with Crippen LogP contribution in [0, 0.1) is 4.91 Å². The molecule has 2 amide bonds. The van der Waals surface area contributed by atoms with E-state index in [1.807, 2.05) is 6.07 Å². The van der Waals surface area contributed by atoms with Crippen LogP contribution in [0.3, 0.4) is 0 Å². The molecule has 2 heterocycles. The number of nitrogens with zero attached hydrogens (tertiary/aromatic N) is 3. The first-order chi connectivity index (χ1) is 12.7. The number of benzene rings is 2. The van der Waals surface area contributed by atoms with Crippen molar-refractivity contribution >= 4 is 23.2 Å². The fraction of sp³-hybridized carbons (Fsp3) is 0.263. The maximum atomic E-state index is 12.6. The number of morpholine rings is 1. The highest BCUT2D eigenvalue weighted by molar-refractivity contribution is 6.21. The minimum Gasteiger partial charge on any atom is -0.378 e. The van der Waals surface area contributed by atoms with Crippen molar-refractivity contribution < 1.29 is 14.3 Å². The maximum absolute atomic E-state index is 12.6. The lowest BCUT2D eigenvalue weighted by atomic mass is 10.1. The van der Waals surface area contributed by atoms with E-state index < -0.39 is 0 Å². The number of nitroso groups, excluding NO2 is 1. The molecule has 2 aliphatic heterocycles. The quantitative estimate of drug-likeness (QED) is 0.625.